The van der Waals surface area contributed by atoms with Gasteiger partial charge < -0.3 is 19.9 Å². The van der Waals surface area contributed by atoms with Crippen molar-refractivity contribution in [3.63, 3.8) is 0 Å². The molecule has 0 aromatic rings. The predicted molar refractivity (Wildman–Crippen MR) is 61.3 cm³/mol. The molecule has 2 fully saturated rings. The Kier molecular flexibility index (Phi) is 3.78. The molecule has 1 amide bonds. The van der Waals surface area contributed by atoms with Gasteiger partial charge in [-0.2, -0.15) is 0 Å². The molecule has 0 aromatic heterocycles. The molecular formula is C11H21N3O2. The number of likely N-dealkylation sites (N-methyl/N-ethyl adjacent to an activating group) is 1. The smallest absolute Gasteiger partial charge is 0.239 e. The summed E-state index contributed by atoms with van der Waals surface area (Å²) >= 11 is 0. The maximum absolute atomic E-state index is 11.9. The highest BCUT2D eigenvalue weighted by Gasteiger charge is 2.28. The summed E-state index contributed by atoms with van der Waals surface area (Å²) in [5, 5.41) is 3.17. The molecule has 0 spiro atoms. The van der Waals surface area contributed by atoms with Crippen molar-refractivity contribution in [1.82, 2.24) is 15.1 Å². The van der Waals surface area contributed by atoms with Crippen LogP contribution in [0, 0.1) is 0 Å². The number of piperazine rings is 1. The molecule has 2 aliphatic heterocycles. The van der Waals surface area contributed by atoms with E-state index in [-0.39, 0.29) is 18.1 Å². The van der Waals surface area contributed by atoms with E-state index in [1.165, 1.54) is 0 Å². The number of hydrogen-bond donors (Lipinski definition) is 1. The van der Waals surface area contributed by atoms with Crippen LogP contribution in [0.3, 0.4) is 0 Å². The second kappa shape index (κ2) is 5.12. The summed E-state index contributed by atoms with van der Waals surface area (Å²) in [6.45, 7) is 7.02. The molecule has 2 atom stereocenters. The number of carbonyl (C=O) groups excluding carboxylic acids is 1. The highest BCUT2D eigenvalue weighted by atomic mass is 16.5. The molecule has 2 rings (SSSR count). The van der Waals surface area contributed by atoms with Crippen LogP contribution in [0.25, 0.3) is 0 Å². The van der Waals surface area contributed by atoms with E-state index < -0.39 is 0 Å². The fraction of sp³-hybridized carbons (Fsp3) is 0.909. The Morgan fingerprint density at radius 1 is 1.50 bits per heavy atom. The SMILES string of the molecule is CC1NCCN(CC2CN(C)CCO2)C1=O. The third-order valence-corrected chi connectivity index (χ3v) is 3.28. The highest BCUT2D eigenvalue weighted by Crippen LogP contribution is 2.08. The summed E-state index contributed by atoms with van der Waals surface area (Å²) in [5.74, 6) is 0.197. The predicted octanol–water partition coefficient (Wildman–Crippen LogP) is -0.863. The summed E-state index contributed by atoms with van der Waals surface area (Å²) in [4.78, 5) is 16.1. The largest absolute Gasteiger partial charge is 0.374 e. The topological polar surface area (TPSA) is 44.8 Å². The summed E-state index contributed by atoms with van der Waals surface area (Å²) in [6.07, 6.45) is 0.174. The molecule has 0 aromatic carbocycles. The lowest BCUT2D eigenvalue weighted by atomic mass is 10.2. The van der Waals surface area contributed by atoms with Crippen molar-refractivity contribution in [2.45, 2.75) is 19.1 Å². The molecule has 0 saturated carbocycles. The van der Waals surface area contributed by atoms with E-state index in [4.69, 9.17) is 4.74 Å². The quantitative estimate of drug-likeness (QED) is 0.666. The van der Waals surface area contributed by atoms with Crippen molar-refractivity contribution in [3.05, 3.63) is 0 Å². The van der Waals surface area contributed by atoms with E-state index in [9.17, 15) is 4.79 Å². The second-order valence-electron chi connectivity index (χ2n) is 4.72. The van der Waals surface area contributed by atoms with E-state index >= 15 is 0 Å². The van der Waals surface area contributed by atoms with Gasteiger partial charge in [0.1, 0.15) is 0 Å². The molecule has 2 saturated heterocycles. The first-order valence-corrected chi connectivity index (χ1v) is 5.99. The van der Waals surface area contributed by atoms with E-state index in [1.807, 2.05) is 11.8 Å². The summed E-state index contributed by atoms with van der Waals surface area (Å²) < 4.78 is 5.68. The van der Waals surface area contributed by atoms with E-state index in [1.54, 1.807) is 0 Å². The number of hydrogen-bond acceptors (Lipinski definition) is 4. The fourth-order valence-electron chi connectivity index (χ4n) is 2.29. The zero-order valence-electron chi connectivity index (χ0n) is 10.1. The molecule has 2 aliphatic rings. The van der Waals surface area contributed by atoms with Crippen molar-refractivity contribution in [1.29, 1.82) is 0 Å². The second-order valence-corrected chi connectivity index (χ2v) is 4.72. The van der Waals surface area contributed by atoms with Gasteiger partial charge in [0.15, 0.2) is 0 Å². The number of nitrogens with one attached hydrogen (secondary N) is 1. The Labute approximate surface area is 96.7 Å². The molecule has 5 nitrogen and oxygen atoms in total. The molecule has 0 aliphatic carbocycles. The van der Waals surface area contributed by atoms with Crippen LogP contribution in [0.5, 0.6) is 0 Å². The number of ether oxygens (including phenoxy) is 1. The van der Waals surface area contributed by atoms with E-state index in [0.717, 1.165) is 39.3 Å². The molecule has 1 N–H and O–H groups in total. The van der Waals surface area contributed by atoms with Crippen molar-refractivity contribution in [2.24, 2.45) is 0 Å². The normalized spacial score (nSPS) is 33.1. The Balaban J connectivity index is 1.86. The van der Waals surface area contributed by atoms with Gasteiger partial charge in [0, 0.05) is 32.7 Å². The molecule has 2 unspecified atom stereocenters. The Morgan fingerprint density at radius 3 is 3.06 bits per heavy atom. The number of carbonyl (C=O) groups is 1. The van der Waals surface area contributed by atoms with Crippen LogP contribution in [0.4, 0.5) is 0 Å². The van der Waals surface area contributed by atoms with Crippen molar-refractivity contribution in [3.8, 4) is 0 Å². The fourth-order valence-corrected chi connectivity index (χ4v) is 2.29. The van der Waals surface area contributed by atoms with Crippen LogP contribution in [-0.2, 0) is 9.53 Å². The molecule has 2 heterocycles. The summed E-state index contributed by atoms with van der Waals surface area (Å²) in [6, 6.07) is -0.0462. The van der Waals surface area contributed by atoms with Gasteiger partial charge in [0.25, 0.3) is 0 Å². The third-order valence-electron chi connectivity index (χ3n) is 3.28. The molecule has 16 heavy (non-hydrogen) atoms. The summed E-state index contributed by atoms with van der Waals surface area (Å²) in [7, 11) is 2.09. The Hall–Kier alpha value is -0.650. The van der Waals surface area contributed by atoms with Gasteiger partial charge in [-0.3, -0.25) is 4.79 Å². The van der Waals surface area contributed by atoms with Gasteiger partial charge in [-0.15, -0.1) is 0 Å². The van der Waals surface area contributed by atoms with Gasteiger partial charge in [-0.05, 0) is 14.0 Å². The first kappa shape index (κ1) is 11.8. The summed E-state index contributed by atoms with van der Waals surface area (Å²) in [5.41, 5.74) is 0. The average molecular weight is 227 g/mol. The maximum Gasteiger partial charge on any atom is 0.239 e. The minimum atomic E-state index is -0.0462. The zero-order valence-corrected chi connectivity index (χ0v) is 10.1. The Morgan fingerprint density at radius 2 is 2.31 bits per heavy atom. The highest BCUT2D eigenvalue weighted by molar-refractivity contribution is 5.82. The van der Waals surface area contributed by atoms with Crippen LogP contribution in [0.2, 0.25) is 0 Å². The Bertz CT molecular complexity index is 260. The van der Waals surface area contributed by atoms with Crippen LogP contribution in [-0.4, -0.2) is 74.2 Å². The van der Waals surface area contributed by atoms with Crippen LogP contribution in [0.1, 0.15) is 6.92 Å². The number of morpholine rings is 1. The van der Waals surface area contributed by atoms with Crippen molar-refractivity contribution < 1.29 is 9.53 Å². The lowest BCUT2D eigenvalue weighted by Crippen LogP contribution is -2.57. The molecule has 0 radical (unpaired) electrons. The average Bonchev–Trinajstić information content (AvgIpc) is 2.25. The number of rotatable bonds is 2. The monoisotopic (exact) mass is 227 g/mol. The van der Waals surface area contributed by atoms with E-state index in [2.05, 4.69) is 17.3 Å². The lowest BCUT2D eigenvalue weighted by Gasteiger charge is -2.37. The molecular weight excluding hydrogens is 206 g/mol. The van der Waals surface area contributed by atoms with Crippen LogP contribution >= 0.6 is 0 Å². The van der Waals surface area contributed by atoms with Crippen molar-refractivity contribution >= 4 is 5.91 Å². The lowest BCUT2D eigenvalue weighted by molar-refractivity contribution is -0.138. The minimum absolute atomic E-state index is 0.0462. The first-order chi connectivity index (χ1) is 7.66. The standard InChI is InChI=1S/C11H21N3O2/c1-9-11(15)14(4-3-12-9)8-10-7-13(2)5-6-16-10/h9-10,12H,3-8H2,1-2H3. The van der Waals surface area contributed by atoms with E-state index in [0.29, 0.717) is 0 Å². The van der Waals surface area contributed by atoms with Crippen LogP contribution in [0.15, 0.2) is 0 Å². The molecule has 0 bridgehead atoms. The van der Waals surface area contributed by atoms with Gasteiger partial charge in [0.05, 0.1) is 18.8 Å². The van der Waals surface area contributed by atoms with Gasteiger partial charge in [-0.1, -0.05) is 0 Å². The first-order valence-electron chi connectivity index (χ1n) is 5.99. The third kappa shape index (κ3) is 2.72. The van der Waals surface area contributed by atoms with Gasteiger partial charge in [-0.25, -0.2) is 0 Å². The molecule has 5 heteroatoms. The maximum atomic E-state index is 11.9. The van der Waals surface area contributed by atoms with Crippen molar-refractivity contribution in [2.75, 3.05) is 46.4 Å². The molecule has 92 valence electrons. The van der Waals surface area contributed by atoms with Gasteiger partial charge >= 0.3 is 0 Å². The number of amides is 1. The zero-order chi connectivity index (χ0) is 11.5. The van der Waals surface area contributed by atoms with Gasteiger partial charge in [0.2, 0.25) is 5.91 Å². The minimum Gasteiger partial charge on any atom is -0.374 e. The number of nitrogens with zero attached hydrogens (tertiary/aromatic N) is 2. The van der Waals surface area contributed by atoms with Crippen LogP contribution < -0.4 is 5.32 Å².